The highest BCUT2D eigenvalue weighted by Gasteiger charge is 2.14. The quantitative estimate of drug-likeness (QED) is 0.808. The van der Waals surface area contributed by atoms with Crippen molar-refractivity contribution < 1.29 is 14.0 Å². The Bertz CT molecular complexity index is 674. The van der Waals surface area contributed by atoms with Gasteiger partial charge in [0.2, 0.25) is 11.8 Å². The van der Waals surface area contributed by atoms with Gasteiger partial charge in [-0.1, -0.05) is 6.07 Å². The summed E-state index contributed by atoms with van der Waals surface area (Å²) < 4.78 is 12.8. The molecule has 2 N–H and O–H groups in total. The standard InChI is InChI=1S/C17H20FN3O2S/c1-12(15-4-3-9-24-15)19-16(22)10-21(2)11-17(23)20-14-7-5-13(18)6-8-14/h3-9,12H,10-11H2,1-2H3,(H,19,22)(H,20,23)/t12-/m0/s1. The maximum absolute atomic E-state index is 12.8. The van der Waals surface area contributed by atoms with E-state index in [0.717, 1.165) is 4.88 Å². The largest absolute Gasteiger partial charge is 0.348 e. The average molecular weight is 349 g/mol. The molecule has 2 amide bonds. The first-order valence-corrected chi connectivity index (χ1v) is 8.38. The first-order valence-electron chi connectivity index (χ1n) is 7.51. The Morgan fingerprint density at radius 3 is 2.46 bits per heavy atom. The number of hydrogen-bond donors (Lipinski definition) is 2. The zero-order valence-corrected chi connectivity index (χ0v) is 14.4. The summed E-state index contributed by atoms with van der Waals surface area (Å²) in [5, 5.41) is 7.52. The fourth-order valence-corrected chi connectivity index (χ4v) is 2.91. The molecule has 2 rings (SSSR count). The van der Waals surface area contributed by atoms with E-state index in [1.54, 1.807) is 23.3 Å². The van der Waals surface area contributed by atoms with E-state index in [0.29, 0.717) is 5.69 Å². The van der Waals surface area contributed by atoms with Gasteiger partial charge in [-0.15, -0.1) is 11.3 Å². The van der Waals surface area contributed by atoms with Gasteiger partial charge < -0.3 is 10.6 Å². The Morgan fingerprint density at radius 1 is 1.17 bits per heavy atom. The molecule has 7 heteroatoms. The Hall–Kier alpha value is -2.25. The Kier molecular flexibility index (Phi) is 6.45. The fourth-order valence-electron chi connectivity index (χ4n) is 2.18. The lowest BCUT2D eigenvalue weighted by Crippen LogP contribution is -2.39. The van der Waals surface area contributed by atoms with Crippen molar-refractivity contribution in [1.29, 1.82) is 0 Å². The summed E-state index contributed by atoms with van der Waals surface area (Å²) in [6.45, 7) is 2.11. The van der Waals surface area contributed by atoms with Crippen molar-refractivity contribution in [2.75, 3.05) is 25.5 Å². The summed E-state index contributed by atoms with van der Waals surface area (Å²) in [4.78, 5) is 26.6. The molecule has 0 bridgehead atoms. The molecule has 1 atom stereocenters. The van der Waals surface area contributed by atoms with Crippen LogP contribution < -0.4 is 10.6 Å². The third-order valence-electron chi connectivity index (χ3n) is 3.30. The van der Waals surface area contributed by atoms with E-state index >= 15 is 0 Å². The SMILES string of the molecule is C[C@H](NC(=O)CN(C)CC(=O)Nc1ccc(F)cc1)c1cccs1. The highest BCUT2D eigenvalue weighted by atomic mass is 32.1. The van der Waals surface area contributed by atoms with Crippen LogP contribution in [-0.4, -0.2) is 36.9 Å². The molecule has 0 fully saturated rings. The molecule has 128 valence electrons. The molecule has 24 heavy (non-hydrogen) atoms. The van der Waals surface area contributed by atoms with Crippen LogP contribution >= 0.6 is 11.3 Å². The average Bonchev–Trinajstić information content (AvgIpc) is 3.03. The Labute approximate surface area is 144 Å². The summed E-state index contributed by atoms with van der Waals surface area (Å²) in [7, 11) is 1.69. The van der Waals surface area contributed by atoms with Gasteiger partial charge in [0, 0.05) is 10.6 Å². The van der Waals surface area contributed by atoms with Crippen LogP contribution in [0, 0.1) is 5.82 Å². The second-order valence-electron chi connectivity index (χ2n) is 5.53. The predicted octanol–water partition coefficient (Wildman–Crippen LogP) is 2.63. The highest BCUT2D eigenvalue weighted by Crippen LogP contribution is 2.17. The van der Waals surface area contributed by atoms with Gasteiger partial charge in [0.1, 0.15) is 5.82 Å². The first kappa shape index (κ1) is 18.1. The molecule has 1 aromatic heterocycles. The maximum Gasteiger partial charge on any atom is 0.238 e. The molecule has 0 unspecified atom stereocenters. The zero-order chi connectivity index (χ0) is 17.5. The monoisotopic (exact) mass is 349 g/mol. The van der Waals surface area contributed by atoms with E-state index in [1.165, 1.54) is 24.3 Å². The van der Waals surface area contributed by atoms with Gasteiger partial charge in [-0.25, -0.2) is 4.39 Å². The maximum atomic E-state index is 12.8. The van der Waals surface area contributed by atoms with Crippen molar-refractivity contribution in [3.05, 3.63) is 52.5 Å². The summed E-state index contributed by atoms with van der Waals surface area (Å²) in [6, 6.07) is 9.38. The van der Waals surface area contributed by atoms with E-state index in [9.17, 15) is 14.0 Å². The lowest BCUT2D eigenvalue weighted by Gasteiger charge is -2.18. The topological polar surface area (TPSA) is 61.4 Å². The number of amides is 2. The molecule has 0 aliphatic carbocycles. The van der Waals surface area contributed by atoms with Gasteiger partial charge in [-0.2, -0.15) is 0 Å². The Balaban J connectivity index is 1.75. The van der Waals surface area contributed by atoms with E-state index < -0.39 is 0 Å². The minimum Gasteiger partial charge on any atom is -0.348 e. The number of nitrogens with zero attached hydrogens (tertiary/aromatic N) is 1. The van der Waals surface area contributed by atoms with E-state index in [2.05, 4.69) is 10.6 Å². The van der Waals surface area contributed by atoms with Gasteiger partial charge in [0.25, 0.3) is 0 Å². The van der Waals surface area contributed by atoms with Crippen molar-refractivity contribution >= 4 is 28.8 Å². The minimum atomic E-state index is -0.360. The van der Waals surface area contributed by atoms with Crippen LogP contribution in [0.2, 0.25) is 0 Å². The van der Waals surface area contributed by atoms with E-state index in [4.69, 9.17) is 0 Å². The Morgan fingerprint density at radius 2 is 1.83 bits per heavy atom. The van der Waals surface area contributed by atoms with Crippen LogP contribution in [0.15, 0.2) is 41.8 Å². The summed E-state index contributed by atoms with van der Waals surface area (Å²) in [6.07, 6.45) is 0. The third kappa shape index (κ3) is 5.75. The van der Waals surface area contributed by atoms with Crippen molar-refractivity contribution in [3.8, 4) is 0 Å². The number of hydrogen-bond acceptors (Lipinski definition) is 4. The van der Waals surface area contributed by atoms with Crippen molar-refractivity contribution in [3.63, 3.8) is 0 Å². The number of nitrogens with one attached hydrogen (secondary N) is 2. The minimum absolute atomic E-state index is 0.0565. The van der Waals surface area contributed by atoms with Gasteiger partial charge in [0.05, 0.1) is 19.1 Å². The molecule has 0 spiro atoms. The van der Waals surface area contributed by atoms with E-state index in [-0.39, 0.29) is 36.8 Å². The normalized spacial score (nSPS) is 12.0. The molecule has 1 heterocycles. The molecular formula is C17H20FN3O2S. The molecule has 2 aromatic rings. The van der Waals surface area contributed by atoms with Gasteiger partial charge in [0.15, 0.2) is 0 Å². The number of carbonyl (C=O) groups is 2. The number of carbonyl (C=O) groups excluding carboxylic acids is 2. The number of likely N-dealkylation sites (N-methyl/N-ethyl adjacent to an activating group) is 1. The summed E-state index contributed by atoms with van der Waals surface area (Å²) >= 11 is 1.59. The third-order valence-corrected chi connectivity index (χ3v) is 4.36. The number of halogens is 1. The van der Waals surface area contributed by atoms with Crippen molar-refractivity contribution in [1.82, 2.24) is 10.2 Å². The summed E-state index contributed by atoms with van der Waals surface area (Å²) in [5.41, 5.74) is 0.519. The first-order chi connectivity index (χ1) is 11.4. The van der Waals surface area contributed by atoms with Crippen LogP contribution in [-0.2, 0) is 9.59 Å². The molecule has 5 nitrogen and oxygen atoms in total. The predicted molar refractivity (Wildman–Crippen MR) is 93.4 cm³/mol. The fraction of sp³-hybridized carbons (Fsp3) is 0.294. The summed E-state index contributed by atoms with van der Waals surface area (Å²) in [5.74, 6) is -0.766. The van der Waals surface area contributed by atoms with Crippen LogP contribution in [0.4, 0.5) is 10.1 Å². The van der Waals surface area contributed by atoms with Gasteiger partial charge in [-0.3, -0.25) is 14.5 Å². The molecule has 1 aromatic carbocycles. The lowest BCUT2D eigenvalue weighted by atomic mass is 10.2. The van der Waals surface area contributed by atoms with Crippen LogP contribution in [0.1, 0.15) is 17.8 Å². The second-order valence-corrected chi connectivity index (χ2v) is 6.51. The molecule has 0 aliphatic rings. The molecule has 0 saturated carbocycles. The molecular weight excluding hydrogens is 329 g/mol. The van der Waals surface area contributed by atoms with Crippen molar-refractivity contribution in [2.45, 2.75) is 13.0 Å². The number of benzene rings is 1. The number of rotatable bonds is 7. The highest BCUT2D eigenvalue weighted by molar-refractivity contribution is 7.10. The zero-order valence-electron chi connectivity index (χ0n) is 13.6. The van der Waals surface area contributed by atoms with Crippen LogP contribution in [0.25, 0.3) is 0 Å². The smallest absolute Gasteiger partial charge is 0.238 e. The molecule has 0 radical (unpaired) electrons. The number of thiophene rings is 1. The molecule has 0 saturated heterocycles. The lowest BCUT2D eigenvalue weighted by molar-refractivity contribution is -0.123. The van der Waals surface area contributed by atoms with Gasteiger partial charge >= 0.3 is 0 Å². The van der Waals surface area contributed by atoms with Gasteiger partial charge in [-0.05, 0) is 49.7 Å². The second kappa shape index (κ2) is 8.56. The van der Waals surface area contributed by atoms with Crippen LogP contribution in [0.3, 0.4) is 0 Å². The molecule has 0 aliphatic heterocycles. The van der Waals surface area contributed by atoms with E-state index in [1.807, 2.05) is 24.4 Å². The van der Waals surface area contributed by atoms with Crippen LogP contribution in [0.5, 0.6) is 0 Å². The number of anilines is 1. The van der Waals surface area contributed by atoms with Crippen molar-refractivity contribution in [2.24, 2.45) is 0 Å².